The van der Waals surface area contributed by atoms with Crippen LogP contribution >= 0.6 is 43.5 Å². The van der Waals surface area contributed by atoms with E-state index in [2.05, 4.69) is 37.2 Å². The van der Waals surface area contributed by atoms with Crippen molar-refractivity contribution in [1.29, 1.82) is 0 Å². The van der Waals surface area contributed by atoms with E-state index in [-0.39, 0.29) is 5.70 Å². The minimum atomic E-state index is -0.528. The minimum Gasteiger partial charge on any atom is -0.487 e. The number of urea groups is 1. The topological polar surface area (TPSA) is 58.6 Å². The second kappa shape index (κ2) is 9.48. The number of nitrogens with zero attached hydrogens (tertiary/aromatic N) is 1. The number of imide groups is 1. The van der Waals surface area contributed by atoms with Crippen LogP contribution in [-0.2, 0) is 11.4 Å². The van der Waals surface area contributed by atoms with Crippen molar-refractivity contribution in [2.75, 3.05) is 4.90 Å². The quantitative estimate of drug-likeness (QED) is 0.267. The highest BCUT2D eigenvalue weighted by atomic mass is 79.9. The average molecular weight is 577 g/mol. The lowest BCUT2D eigenvalue weighted by Crippen LogP contribution is -2.30. The predicted octanol–water partition coefficient (Wildman–Crippen LogP) is 6.85. The summed E-state index contributed by atoms with van der Waals surface area (Å²) in [6.45, 7) is 2.46. The molecule has 1 fully saturated rings. The first-order valence-corrected chi connectivity index (χ1v) is 11.6. The lowest BCUT2D eigenvalue weighted by Gasteiger charge is -2.12. The zero-order valence-electron chi connectivity index (χ0n) is 16.9. The largest absolute Gasteiger partial charge is 0.487 e. The van der Waals surface area contributed by atoms with Crippen LogP contribution in [0.25, 0.3) is 6.08 Å². The lowest BCUT2D eigenvalue weighted by atomic mass is 10.1. The van der Waals surface area contributed by atoms with Gasteiger partial charge in [-0.1, -0.05) is 47.5 Å². The van der Waals surface area contributed by atoms with Crippen molar-refractivity contribution in [1.82, 2.24) is 5.32 Å². The van der Waals surface area contributed by atoms with Crippen molar-refractivity contribution in [3.63, 3.8) is 0 Å². The molecule has 5 nitrogen and oxygen atoms in total. The fourth-order valence-corrected chi connectivity index (χ4v) is 4.83. The van der Waals surface area contributed by atoms with Crippen molar-refractivity contribution < 1.29 is 14.3 Å². The molecule has 0 spiro atoms. The summed E-state index contributed by atoms with van der Waals surface area (Å²) in [5, 5.41) is 3.06. The Kier molecular flexibility index (Phi) is 6.69. The summed E-state index contributed by atoms with van der Waals surface area (Å²) in [5.74, 6) is 0.194. The Morgan fingerprint density at radius 1 is 1.03 bits per heavy atom. The molecule has 0 unspecified atom stereocenters. The molecular formula is C24H17Br2ClN2O3. The number of carbonyl (C=O) groups excluding carboxylic acids is 2. The Morgan fingerprint density at radius 2 is 1.72 bits per heavy atom. The molecule has 0 bridgehead atoms. The second-order valence-corrected chi connectivity index (χ2v) is 9.34. The predicted molar refractivity (Wildman–Crippen MR) is 133 cm³/mol. The van der Waals surface area contributed by atoms with Gasteiger partial charge in [0.05, 0.1) is 14.6 Å². The molecule has 3 amide bonds. The number of nitrogens with one attached hydrogen (secondary N) is 1. The highest BCUT2D eigenvalue weighted by molar-refractivity contribution is 9.11. The van der Waals surface area contributed by atoms with E-state index in [0.717, 1.165) is 10.5 Å². The van der Waals surface area contributed by atoms with E-state index in [0.29, 0.717) is 37.6 Å². The van der Waals surface area contributed by atoms with Crippen molar-refractivity contribution in [2.24, 2.45) is 0 Å². The van der Waals surface area contributed by atoms with E-state index >= 15 is 0 Å². The summed E-state index contributed by atoms with van der Waals surface area (Å²) < 4.78 is 7.40. The lowest BCUT2D eigenvalue weighted by molar-refractivity contribution is -0.113. The SMILES string of the molecule is Cc1ccc(COc2c(Br)cc(/C=C3/NC(=O)N(c4cccc(Cl)c4)C3=O)cc2Br)cc1. The Labute approximate surface area is 207 Å². The maximum absolute atomic E-state index is 12.8. The number of aryl methyl sites for hydroxylation is 1. The van der Waals surface area contributed by atoms with E-state index in [9.17, 15) is 9.59 Å². The van der Waals surface area contributed by atoms with E-state index < -0.39 is 11.9 Å². The summed E-state index contributed by atoms with van der Waals surface area (Å²) in [4.78, 5) is 26.3. The number of hydrogen-bond donors (Lipinski definition) is 1. The first-order valence-electron chi connectivity index (χ1n) is 9.62. The molecular weight excluding hydrogens is 560 g/mol. The maximum Gasteiger partial charge on any atom is 0.333 e. The Balaban J connectivity index is 1.54. The third-order valence-electron chi connectivity index (χ3n) is 4.78. The van der Waals surface area contributed by atoms with Crippen molar-refractivity contribution >= 4 is 67.2 Å². The van der Waals surface area contributed by atoms with E-state index in [1.165, 1.54) is 5.56 Å². The molecule has 3 aromatic rings. The zero-order chi connectivity index (χ0) is 22.8. The first-order chi connectivity index (χ1) is 15.3. The van der Waals surface area contributed by atoms with Gasteiger partial charge in [0, 0.05) is 5.02 Å². The summed E-state index contributed by atoms with van der Waals surface area (Å²) >= 11 is 13.1. The van der Waals surface area contributed by atoms with Gasteiger partial charge < -0.3 is 10.1 Å². The molecule has 4 rings (SSSR count). The van der Waals surface area contributed by atoms with Gasteiger partial charge in [-0.2, -0.15) is 0 Å². The van der Waals surface area contributed by atoms with Crippen LogP contribution in [0.3, 0.4) is 0 Å². The van der Waals surface area contributed by atoms with Gasteiger partial charge in [-0.3, -0.25) is 4.79 Å². The van der Waals surface area contributed by atoms with Gasteiger partial charge in [0.2, 0.25) is 0 Å². The van der Waals surface area contributed by atoms with Crippen LogP contribution in [0.2, 0.25) is 5.02 Å². The standard InChI is InChI=1S/C24H17Br2ClN2O3/c1-14-5-7-15(8-6-14)13-32-22-19(25)9-16(10-20(22)26)11-21-23(30)29(24(31)28-21)18-4-2-3-17(27)12-18/h2-12H,13H2,1H3,(H,28,31)/b21-11+. The summed E-state index contributed by atoms with van der Waals surface area (Å²) in [7, 11) is 0. The van der Waals surface area contributed by atoms with Gasteiger partial charge in [0.15, 0.2) is 0 Å². The van der Waals surface area contributed by atoms with Gasteiger partial charge in [-0.15, -0.1) is 0 Å². The molecule has 0 atom stereocenters. The Bertz CT molecular complexity index is 1220. The van der Waals surface area contributed by atoms with Crippen LogP contribution < -0.4 is 15.0 Å². The highest BCUT2D eigenvalue weighted by Gasteiger charge is 2.35. The third-order valence-corrected chi connectivity index (χ3v) is 6.19. The Hall–Kier alpha value is -2.61. The van der Waals surface area contributed by atoms with Crippen LogP contribution in [0.1, 0.15) is 16.7 Å². The molecule has 1 saturated heterocycles. The molecule has 3 aromatic carbocycles. The molecule has 1 aliphatic rings. The number of anilines is 1. The van der Waals surface area contributed by atoms with Gasteiger partial charge in [-0.25, -0.2) is 9.69 Å². The number of benzene rings is 3. The van der Waals surface area contributed by atoms with Crippen LogP contribution in [0, 0.1) is 6.92 Å². The average Bonchev–Trinajstić information content (AvgIpc) is 3.01. The molecule has 1 aliphatic heterocycles. The second-order valence-electron chi connectivity index (χ2n) is 7.20. The molecule has 162 valence electrons. The van der Waals surface area contributed by atoms with Crippen LogP contribution in [-0.4, -0.2) is 11.9 Å². The summed E-state index contributed by atoms with van der Waals surface area (Å²) in [6.07, 6.45) is 1.62. The molecule has 0 aromatic heterocycles. The molecule has 8 heteroatoms. The third kappa shape index (κ3) is 4.90. The van der Waals surface area contributed by atoms with E-state index in [1.54, 1.807) is 30.3 Å². The Morgan fingerprint density at radius 3 is 2.38 bits per heavy atom. The van der Waals surface area contributed by atoms with Gasteiger partial charge in [0.1, 0.15) is 18.1 Å². The fourth-order valence-electron chi connectivity index (χ4n) is 3.19. The number of carbonyl (C=O) groups is 2. The normalized spacial score (nSPS) is 14.8. The number of amides is 3. The van der Waals surface area contributed by atoms with Crippen LogP contribution in [0.4, 0.5) is 10.5 Å². The van der Waals surface area contributed by atoms with Crippen molar-refractivity contribution in [3.8, 4) is 5.75 Å². The zero-order valence-corrected chi connectivity index (χ0v) is 20.8. The molecule has 0 saturated carbocycles. The van der Waals surface area contributed by atoms with Crippen molar-refractivity contribution in [2.45, 2.75) is 13.5 Å². The summed E-state index contributed by atoms with van der Waals surface area (Å²) in [5.41, 5.74) is 3.53. The molecule has 1 heterocycles. The smallest absolute Gasteiger partial charge is 0.333 e. The van der Waals surface area contributed by atoms with Gasteiger partial charge in [0.25, 0.3) is 5.91 Å². The summed E-state index contributed by atoms with van der Waals surface area (Å²) in [6, 6.07) is 17.8. The number of rotatable bonds is 5. The first kappa shape index (κ1) is 22.6. The fraction of sp³-hybridized carbons (Fsp3) is 0.0833. The van der Waals surface area contributed by atoms with Crippen LogP contribution in [0.5, 0.6) is 5.75 Å². The van der Waals surface area contributed by atoms with E-state index in [1.807, 2.05) is 43.3 Å². The number of hydrogen-bond acceptors (Lipinski definition) is 3. The maximum atomic E-state index is 12.8. The monoisotopic (exact) mass is 574 g/mol. The molecule has 0 aliphatic carbocycles. The molecule has 0 radical (unpaired) electrons. The number of ether oxygens (including phenoxy) is 1. The highest BCUT2D eigenvalue weighted by Crippen LogP contribution is 2.36. The molecule has 32 heavy (non-hydrogen) atoms. The van der Waals surface area contributed by atoms with E-state index in [4.69, 9.17) is 16.3 Å². The minimum absolute atomic E-state index is 0.169. The number of halogens is 3. The van der Waals surface area contributed by atoms with Crippen LogP contribution in [0.15, 0.2) is 75.3 Å². The molecule has 1 N–H and O–H groups in total. The van der Waals surface area contributed by atoms with Crippen molar-refractivity contribution in [3.05, 3.63) is 97.0 Å². The van der Waals surface area contributed by atoms with Gasteiger partial charge in [-0.05, 0) is 86.3 Å². The van der Waals surface area contributed by atoms with Gasteiger partial charge >= 0.3 is 6.03 Å².